The zero-order valence-electron chi connectivity index (χ0n) is 23.4. The maximum absolute atomic E-state index is 13.7. The molecule has 198 valence electrons. The summed E-state index contributed by atoms with van der Waals surface area (Å²) in [5, 5.41) is 11.1. The largest absolute Gasteiger partial charge is 0.507 e. The second kappa shape index (κ2) is 10.9. The molecule has 0 saturated carbocycles. The number of carbonyl (C=O) groups excluding carboxylic acids is 1. The number of carbonyl (C=O) groups is 1. The van der Waals surface area contributed by atoms with Crippen molar-refractivity contribution in [3.63, 3.8) is 0 Å². The van der Waals surface area contributed by atoms with Crippen LogP contribution < -0.4 is 5.62 Å². The summed E-state index contributed by atoms with van der Waals surface area (Å²) >= 11 is 0. The molecule has 0 atom stereocenters. The van der Waals surface area contributed by atoms with Gasteiger partial charge in [-0.05, 0) is 34.1 Å². The Hall–Kier alpha value is -3.86. The summed E-state index contributed by atoms with van der Waals surface area (Å²) in [4.78, 5) is 18.7. The van der Waals surface area contributed by atoms with Crippen molar-refractivity contribution in [2.75, 3.05) is 0 Å². The number of phenols is 1. The van der Waals surface area contributed by atoms with Crippen molar-refractivity contribution < 1.29 is 9.90 Å². The van der Waals surface area contributed by atoms with Gasteiger partial charge in [-0.3, -0.25) is 4.79 Å². The molecule has 1 N–H and O–H groups in total. The van der Waals surface area contributed by atoms with Gasteiger partial charge in [-0.15, -0.1) is 0 Å². The van der Waals surface area contributed by atoms with Gasteiger partial charge in [-0.2, -0.15) is 0 Å². The number of aromatic nitrogens is 2. The van der Waals surface area contributed by atoms with E-state index in [2.05, 4.69) is 70.4 Å². The molecule has 3 aromatic carbocycles. The minimum absolute atomic E-state index is 0.0142. The third-order valence-electron chi connectivity index (χ3n) is 6.74. The Balaban J connectivity index is 1.74. The summed E-state index contributed by atoms with van der Waals surface area (Å²) in [6, 6.07) is 24.1. The minimum atomic E-state index is -0.303. The number of phenolic OH excluding ortho intramolecular Hbond substituents is 1. The number of hydrogen-bond donors (Lipinski definition) is 1. The third-order valence-corrected chi connectivity index (χ3v) is 6.74. The number of hydrogen-bond acceptors (Lipinski definition) is 3. The molecule has 5 heteroatoms. The van der Waals surface area contributed by atoms with Crippen molar-refractivity contribution in [3.8, 4) is 5.75 Å². The van der Waals surface area contributed by atoms with Crippen LogP contribution in [0, 0.1) is 0 Å². The first-order valence-electron chi connectivity index (χ1n) is 13.2. The number of imidazole rings is 1. The lowest BCUT2D eigenvalue weighted by molar-refractivity contribution is 0.0970. The number of Topliss-reactive ketones (excluding diaryl/α,β-unsaturated/α-hetero) is 1. The van der Waals surface area contributed by atoms with Crippen LogP contribution in [0.25, 0.3) is 0 Å². The molecule has 1 heterocycles. The number of rotatable bonds is 7. The van der Waals surface area contributed by atoms with Crippen molar-refractivity contribution in [1.82, 2.24) is 9.13 Å². The van der Waals surface area contributed by atoms with E-state index in [1.54, 1.807) is 0 Å². The fourth-order valence-corrected chi connectivity index (χ4v) is 4.60. The zero-order chi connectivity index (χ0) is 27.5. The van der Waals surface area contributed by atoms with Crippen molar-refractivity contribution in [3.05, 3.63) is 119 Å². The molecule has 38 heavy (non-hydrogen) atoms. The molecule has 0 saturated heterocycles. The summed E-state index contributed by atoms with van der Waals surface area (Å²) in [7, 11) is 0. The maximum Gasteiger partial charge on any atom is 0.205 e. The van der Waals surface area contributed by atoms with Crippen LogP contribution in [0.1, 0.15) is 74.2 Å². The van der Waals surface area contributed by atoms with E-state index in [0.717, 1.165) is 22.3 Å². The SMILES string of the molecule is CC(C)(C)c1cc(C(=O)Cn2ccn(Cc3ccccc3)c2=NCc2ccccc2)cc(C(C)(C)C)c1O. The van der Waals surface area contributed by atoms with Crippen molar-refractivity contribution in [2.24, 2.45) is 4.99 Å². The average molecular weight is 510 g/mol. The minimum Gasteiger partial charge on any atom is -0.507 e. The molecule has 0 bridgehead atoms. The van der Waals surface area contributed by atoms with E-state index >= 15 is 0 Å². The predicted octanol–water partition coefficient (Wildman–Crippen LogP) is 6.62. The first kappa shape index (κ1) is 27.2. The highest BCUT2D eigenvalue weighted by Crippen LogP contribution is 2.39. The van der Waals surface area contributed by atoms with Gasteiger partial charge in [-0.1, -0.05) is 102 Å². The normalized spacial score (nSPS) is 12.6. The van der Waals surface area contributed by atoms with Gasteiger partial charge in [0.05, 0.1) is 19.6 Å². The van der Waals surface area contributed by atoms with E-state index in [0.29, 0.717) is 18.7 Å². The number of nitrogens with zero attached hydrogens (tertiary/aromatic N) is 3. The highest BCUT2D eigenvalue weighted by Gasteiger charge is 2.28. The Morgan fingerprint density at radius 1 is 0.763 bits per heavy atom. The first-order chi connectivity index (χ1) is 17.9. The smallest absolute Gasteiger partial charge is 0.205 e. The van der Waals surface area contributed by atoms with E-state index in [-0.39, 0.29) is 28.9 Å². The van der Waals surface area contributed by atoms with Crippen molar-refractivity contribution in [2.45, 2.75) is 72.0 Å². The average Bonchev–Trinajstić information content (AvgIpc) is 3.23. The zero-order valence-corrected chi connectivity index (χ0v) is 23.4. The summed E-state index contributed by atoms with van der Waals surface area (Å²) in [6.45, 7) is 13.7. The van der Waals surface area contributed by atoms with E-state index in [1.807, 2.05) is 65.5 Å². The first-order valence-corrected chi connectivity index (χ1v) is 13.2. The summed E-state index contributed by atoms with van der Waals surface area (Å²) in [6.07, 6.45) is 3.92. The highest BCUT2D eigenvalue weighted by atomic mass is 16.3. The van der Waals surface area contributed by atoms with Crippen LogP contribution in [0.2, 0.25) is 0 Å². The number of aromatic hydroxyl groups is 1. The molecule has 5 nitrogen and oxygen atoms in total. The summed E-state index contributed by atoms with van der Waals surface area (Å²) in [5.41, 5.74) is 4.60. The van der Waals surface area contributed by atoms with Crippen LogP contribution in [0.15, 0.2) is 90.2 Å². The van der Waals surface area contributed by atoms with Gasteiger partial charge >= 0.3 is 0 Å². The van der Waals surface area contributed by atoms with Crippen LogP contribution in [0.3, 0.4) is 0 Å². The second-order valence-corrected chi connectivity index (χ2v) is 12.0. The summed E-state index contributed by atoms with van der Waals surface area (Å²) in [5.74, 6) is 0.265. The molecule has 4 aromatic rings. The van der Waals surface area contributed by atoms with Gasteiger partial charge in [0.15, 0.2) is 5.78 Å². The molecule has 0 unspecified atom stereocenters. The third kappa shape index (κ3) is 6.34. The van der Waals surface area contributed by atoms with E-state index in [4.69, 9.17) is 4.99 Å². The van der Waals surface area contributed by atoms with E-state index in [9.17, 15) is 9.90 Å². The van der Waals surface area contributed by atoms with Gasteiger partial charge in [0.2, 0.25) is 5.62 Å². The molecule has 4 rings (SSSR count). The Labute approximate surface area is 226 Å². The molecule has 0 aliphatic rings. The lowest BCUT2D eigenvalue weighted by atomic mass is 9.78. The van der Waals surface area contributed by atoms with Gasteiger partial charge in [0, 0.05) is 29.1 Å². The van der Waals surface area contributed by atoms with Crippen LogP contribution in [-0.2, 0) is 30.5 Å². The molecular weight excluding hydrogens is 470 g/mol. The Bertz CT molecular complexity index is 1430. The quantitative estimate of drug-likeness (QED) is 0.285. The number of benzene rings is 3. The second-order valence-electron chi connectivity index (χ2n) is 12.0. The van der Waals surface area contributed by atoms with Gasteiger partial charge in [0.25, 0.3) is 0 Å². The topological polar surface area (TPSA) is 59.5 Å². The lowest BCUT2D eigenvalue weighted by Crippen LogP contribution is -2.29. The van der Waals surface area contributed by atoms with E-state index in [1.165, 1.54) is 5.56 Å². The van der Waals surface area contributed by atoms with Crippen molar-refractivity contribution in [1.29, 1.82) is 0 Å². The lowest BCUT2D eigenvalue weighted by Gasteiger charge is -2.28. The molecule has 0 fully saturated rings. The Kier molecular flexibility index (Phi) is 7.77. The molecule has 1 aromatic heterocycles. The molecular formula is C33H39N3O2. The van der Waals surface area contributed by atoms with Crippen LogP contribution in [-0.4, -0.2) is 20.0 Å². The molecule has 0 radical (unpaired) electrons. The predicted molar refractivity (Wildman–Crippen MR) is 154 cm³/mol. The fourth-order valence-electron chi connectivity index (χ4n) is 4.60. The molecule has 0 aliphatic heterocycles. The molecule has 0 amide bonds. The van der Waals surface area contributed by atoms with Crippen molar-refractivity contribution >= 4 is 5.78 Å². The maximum atomic E-state index is 13.7. The van der Waals surface area contributed by atoms with E-state index < -0.39 is 0 Å². The van der Waals surface area contributed by atoms with Crippen LogP contribution >= 0.6 is 0 Å². The van der Waals surface area contributed by atoms with Gasteiger partial charge < -0.3 is 14.2 Å². The Morgan fingerprint density at radius 2 is 1.26 bits per heavy atom. The Morgan fingerprint density at radius 3 is 1.79 bits per heavy atom. The monoisotopic (exact) mass is 509 g/mol. The standard InChI is InChI=1S/C33H39N3O2/c1-32(2,3)27-19-26(20-28(30(27)38)33(4,5)6)29(37)23-36-18-17-35(22-25-15-11-8-12-16-25)31(36)34-21-24-13-9-7-10-14-24/h7-20,38H,21-23H2,1-6H3. The number of ketones is 1. The van der Waals surface area contributed by atoms with Crippen LogP contribution in [0.5, 0.6) is 5.75 Å². The fraction of sp³-hybridized carbons (Fsp3) is 0.333. The van der Waals surface area contributed by atoms with Crippen LogP contribution in [0.4, 0.5) is 0 Å². The highest BCUT2D eigenvalue weighted by molar-refractivity contribution is 5.96. The molecule has 0 aliphatic carbocycles. The van der Waals surface area contributed by atoms with Gasteiger partial charge in [0.1, 0.15) is 5.75 Å². The van der Waals surface area contributed by atoms with Gasteiger partial charge in [-0.25, -0.2) is 4.99 Å². The summed E-state index contributed by atoms with van der Waals surface area (Å²) < 4.78 is 4.01. The molecule has 0 spiro atoms.